The van der Waals surface area contributed by atoms with Crippen LogP contribution in [0.2, 0.25) is 0 Å². The Bertz CT molecular complexity index is 1390. The maximum absolute atomic E-state index is 13.2. The van der Waals surface area contributed by atoms with Crippen molar-refractivity contribution in [3.05, 3.63) is 96.1 Å². The zero-order valence-electron chi connectivity index (χ0n) is 18.7. The third kappa shape index (κ3) is 4.96. The quantitative estimate of drug-likeness (QED) is 0.417. The molecule has 1 heterocycles. The number of aromatic nitrogens is 1. The number of carbonyl (C=O) groups is 1. The summed E-state index contributed by atoms with van der Waals surface area (Å²) < 4.78 is 26.0. The van der Waals surface area contributed by atoms with Gasteiger partial charge in [-0.3, -0.25) is 4.79 Å². The fourth-order valence-electron chi connectivity index (χ4n) is 4.14. The van der Waals surface area contributed by atoms with Crippen molar-refractivity contribution in [3.8, 4) is 11.3 Å². The molecule has 0 saturated heterocycles. The first kappa shape index (κ1) is 22.7. The monoisotopic (exact) mass is 458 g/mol. The molecular weight excluding hydrogens is 432 g/mol. The van der Waals surface area contributed by atoms with Crippen LogP contribution in [0.15, 0.2) is 89.8 Å². The lowest BCUT2D eigenvalue weighted by Gasteiger charge is -2.20. The summed E-state index contributed by atoms with van der Waals surface area (Å²) in [5.41, 5.74) is 3.21. The fraction of sp³-hybridized carbons (Fsp3) is 0.185. The average Bonchev–Trinajstić information content (AvgIpc) is 2.82. The zero-order chi connectivity index (χ0) is 23.4. The number of hydrogen-bond acceptors (Lipinski definition) is 4. The highest BCUT2D eigenvalue weighted by Gasteiger charge is 2.26. The first-order valence-electron chi connectivity index (χ1n) is 10.9. The van der Waals surface area contributed by atoms with E-state index in [2.05, 4.69) is 5.32 Å². The van der Waals surface area contributed by atoms with E-state index in [0.29, 0.717) is 27.7 Å². The van der Waals surface area contributed by atoms with Gasteiger partial charge in [0.25, 0.3) is 0 Å². The van der Waals surface area contributed by atoms with E-state index in [1.165, 1.54) is 6.26 Å². The summed E-state index contributed by atoms with van der Waals surface area (Å²) in [6.45, 7) is 2.01. The molecule has 1 atom stereocenters. The lowest BCUT2D eigenvalue weighted by Crippen LogP contribution is -2.30. The van der Waals surface area contributed by atoms with Crippen LogP contribution in [-0.2, 0) is 21.1 Å². The van der Waals surface area contributed by atoms with E-state index in [-0.39, 0.29) is 23.3 Å². The highest BCUT2D eigenvalue weighted by Crippen LogP contribution is 2.34. The molecule has 4 rings (SSSR count). The Labute approximate surface area is 194 Å². The number of fused-ring (bicyclic) bond motifs is 1. The maximum atomic E-state index is 13.2. The van der Waals surface area contributed by atoms with Crippen LogP contribution in [0.4, 0.5) is 0 Å². The minimum Gasteiger partial charge on any atom is -0.349 e. The van der Waals surface area contributed by atoms with E-state index >= 15 is 0 Å². The molecule has 168 valence electrons. The Kier molecular flexibility index (Phi) is 6.56. The summed E-state index contributed by atoms with van der Waals surface area (Å²) in [7, 11) is -3.68. The van der Waals surface area contributed by atoms with E-state index in [1.807, 2.05) is 91.9 Å². The van der Waals surface area contributed by atoms with Gasteiger partial charge in [0, 0.05) is 17.2 Å². The van der Waals surface area contributed by atoms with Crippen LogP contribution in [0, 0.1) is 0 Å². The number of sulfone groups is 1. The molecule has 0 radical (unpaired) electrons. The molecule has 0 fully saturated rings. The molecule has 1 aromatic heterocycles. The van der Waals surface area contributed by atoms with Crippen molar-refractivity contribution in [2.45, 2.75) is 30.7 Å². The van der Waals surface area contributed by atoms with Gasteiger partial charge in [-0.2, -0.15) is 0 Å². The molecule has 1 amide bonds. The molecule has 0 bridgehead atoms. The predicted molar refractivity (Wildman–Crippen MR) is 132 cm³/mol. The zero-order valence-corrected chi connectivity index (χ0v) is 19.5. The maximum Gasteiger partial charge on any atom is 0.224 e. The van der Waals surface area contributed by atoms with Crippen LogP contribution in [0.1, 0.15) is 30.5 Å². The largest absolute Gasteiger partial charge is 0.349 e. The van der Waals surface area contributed by atoms with Crippen molar-refractivity contribution < 1.29 is 13.2 Å². The molecule has 4 aromatic rings. The Balaban J connectivity index is 1.83. The first-order chi connectivity index (χ1) is 15.9. The molecule has 33 heavy (non-hydrogen) atoms. The van der Waals surface area contributed by atoms with Gasteiger partial charge in [0.15, 0.2) is 9.84 Å². The second-order valence-electron chi connectivity index (χ2n) is 8.04. The van der Waals surface area contributed by atoms with Crippen LogP contribution < -0.4 is 5.32 Å². The van der Waals surface area contributed by atoms with Gasteiger partial charge < -0.3 is 5.32 Å². The highest BCUT2D eigenvalue weighted by molar-refractivity contribution is 7.91. The lowest BCUT2D eigenvalue weighted by atomic mass is 10.00. The number of carbonyl (C=O) groups excluding carboxylic acids is 1. The molecule has 5 nitrogen and oxygen atoms in total. The summed E-state index contributed by atoms with van der Waals surface area (Å²) >= 11 is 0. The molecule has 0 spiro atoms. The van der Waals surface area contributed by atoms with E-state index < -0.39 is 9.84 Å². The average molecular weight is 459 g/mol. The van der Waals surface area contributed by atoms with Crippen molar-refractivity contribution in [3.63, 3.8) is 0 Å². The number of nitrogens with zero attached hydrogens (tertiary/aromatic N) is 1. The molecule has 1 unspecified atom stereocenters. The molecule has 1 N–H and O–H groups in total. The van der Waals surface area contributed by atoms with E-state index in [0.717, 1.165) is 12.0 Å². The molecule has 0 aliphatic carbocycles. The topological polar surface area (TPSA) is 76.1 Å². The Morgan fingerprint density at radius 2 is 1.52 bits per heavy atom. The fourth-order valence-corrected chi connectivity index (χ4v) is 5.29. The second-order valence-corrected chi connectivity index (χ2v) is 9.99. The number of para-hydroxylation sites is 1. The second kappa shape index (κ2) is 9.55. The number of nitrogens with one attached hydrogen (secondary N) is 1. The molecular formula is C27H26N2O3S. The van der Waals surface area contributed by atoms with Crippen LogP contribution in [0.25, 0.3) is 22.2 Å². The number of hydrogen-bond donors (Lipinski definition) is 1. The van der Waals surface area contributed by atoms with Gasteiger partial charge in [-0.25, -0.2) is 13.4 Å². The van der Waals surface area contributed by atoms with E-state index in [9.17, 15) is 13.2 Å². The minimum absolute atomic E-state index is 0.0609. The van der Waals surface area contributed by atoms with Gasteiger partial charge >= 0.3 is 0 Å². The number of pyridine rings is 1. The Morgan fingerprint density at radius 3 is 2.15 bits per heavy atom. The van der Waals surface area contributed by atoms with E-state index in [1.54, 1.807) is 0 Å². The summed E-state index contributed by atoms with van der Waals surface area (Å²) in [6, 6.07) is 26.2. The summed E-state index contributed by atoms with van der Waals surface area (Å²) in [6.07, 6.45) is 1.83. The smallest absolute Gasteiger partial charge is 0.224 e. The van der Waals surface area contributed by atoms with E-state index in [4.69, 9.17) is 4.98 Å². The van der Waals surface area contributed by atoms with Gasteiger partial charge in [-0.15, -0.1) is 0 Å². The van der Waals surface area contributed by atoms with Gasteiger partial charge in [-0.05, 0) is 23.6 Å². The molecule has 0 aliphatic rings. The van der Waals surface area contributed by atoms with Crippen molar-refractivity contribution >= 4 is 26.6 Å². The van der Waals surface area contributed by atoms with Gasteiger partial charge in [0.1, 0.15) is 0 Å². The third-order valence-corrected chi connectivity index (χ3v) is 6.83. The van der Waals surface area contributed by atoms with Gasteiger partial charge in [0.05, 0.1) is 28.6 Å². The molecule has 6 heteroatoms. The molecule has 0 saturated carbocycles. The normalized spacial score (nSPS) is 12.4. The van der Waals surface area contributed by atoms with Crippen molar-refractivity contribution in [2.75, 3.05) is 6.26 Å². The third-order valence-electron chi connectivity index (χ3n) is 5.65. The Morgan fingerprint density at radius 1 is 0.909 bits per heavy atom. The van der Waals surface area contributed by atoms with Crippen LogP contribution >= 0.6 is 0 Å². The molecule has 3 aromatic carbocycles. The molecule has 0 aliphatic heterocycles. The van der Waals surface area contributed by atoms with Crippen LogP contribution in [0.3, 0.4) is 0 Å². The number of benzene rings is 3. The standard InChI is InChI=1S/C27H26N2O3S/c1-3-23(19-12-6-4-7-13-19)28-25(30)18-22-21-16-10-11-17-24(21)29-26(27(22)33(2,31)32)20-14-8-5-9-15-20/h4-17,23H,3,18H2,1-2H3,(H,28,30). The Hall–Kier alpha value is -3.51. The first-order valence-corrected chi connectivity index (χ1v) is 12.8. The van der Waals surface area contributed by atoms with Crippen molar-refractivity contribution in [1.29, 1.82) is 0 Å². The summed E-state index contributed by atoms with van der Waals surface area (Å²) in [5.74, 6) is -0.231. The number of rotatable bonds is 7. The van der Waals surface area contributed by atoms with Crippen LogP contribution in [0.5, 0.6) is 0 Å². The summed E-state index contributed by atoms with van der Waals surface area (Å²) in [5, 5.41) is 3.75. The SMILES string of the molecule is CCC(NC(=O)Cc1c(S(C)(=O)=O)c(-c2ccccc2)nc2ccccc12)c1ccccc1. The predicted octanol–water partition coefficient (Wildman–Crippen LogP) is 5.12. The lowest BCUT2D eigenvalue weighted by molar-refractivity contribution is -0.121. The van der Waals surface area contributed by atoms with Gasteiger partial charge in [0.2, 0.25) is 5.91 Å². The van der Waals surface area contributed by atoms with Crippen LogP contribution in [-0.4, -0.2) is 25.6 Å². The van der Waals surface area contributed by atoms with Crippen molar-refractivity contribution in [2.24, 2.45) is 0 Å². The summed E-state index contributed by atoms with van der Waals surface area (Å²) in [4.78, 5) is 18.0. The number of amides is 1. The van der Waals surface area contributed by atoms with Crippen molar-refractivity contribution in [1.82, 2.24) is 10.3 Å². The highest BCUT2D eigenvalue weighted by atomic mass is 32.2. The van der Waals surface area contributed by atoms with Gasteiger partial charge in [-0.1, -0.05) is 85.8 Å². The minimum atomic E-state index is -3.68.